The van der Waals surface area contributed by atoms with Gasteiger partial charge in [-0.15, -0.1) is 0 Å². The molecule has 0 atom stereocenters. The minimum Gasteiger partial charge on any atom is -0.273 e. The fraction of sp³-hybridized carbons (Fsp3) is 0.300. The quantitative estimate of drug-likeness (QED) is 0.558. The molecule has 2 amide bonds. The van der Waals surface area contributed by atoms with E-state index in [9.17, 15) is 26.4 Å². The van der Waals surface area contributed by atoms with Gasteiger partial charge in [0.2, 0.25) is 15.9 Å². The van der Waals surface area contributed by atoms with Crippen LogP contribution >= 0.6 is 11.6 Å². The predicted octanol–water partition coefficient (Wildman–Crippen LogP) is 1.75. The monoisotopic (exact) mass is 499 g/mol. The Morgan fingerprint density at radius 1 is 0.844 bits per heavy atom. The van der Waals surface area contributed by atoms with E-state index < -0.39 is 37.4 Å². The molecule has 0 saturated carbocycles. The van der Waals surface area contributed by atoms with Gasteiger partial charge in [0.1, 0.15) is 0 Å². The molecule has 1 saturated heterocycles. The lowest BCUT2D eigenvalue weighted by Gasteiger charge is -2.15. The predicted molar refractivity (Wildman–Crippen MR) is 118 cm³/mol. The third-order valence-corrected chi connectivity index (χ3v) is 8.80. The van der Waals surface area contributed by atoms with Crippen molar-refractivity contribution in [2.45, 2.75) is 29.1 Å². The number of nitrogens with zero attached hydrogens (tertiary/aromatic N) is 1. The number of amides is 2. The summed E-state index contributed by atoms with van der Waals surface area (Å²) >= 11 is 5.74. The normalized spacial score (nSPS) is 14.8. The van der Waals surface area contributed by atoms with Crippen molar-refractivity contribution in [3.05, 3.63) is 59.1 Å². The Morgan fingerprint density at radius 2 is 1.41 bits per heavy atom. The van der Waals surface area contributed by atoms with E-state index in [1.165, 1.54) is 52.8 Å². The summed E-state index contributed by atoms with van der Waals surface area (Å²) in [7, 11) is -7.27. The second-order valence-electron chi connectivity index (χ2n) is 7.16. The molecular weight excluding hydrogens is 478 g/mol. The number of hydrazine groups is 1. The molecule has 1 aliphatic rings. The molecule has 2 aromatic carbocycles. The zero-order valence-electron chi connectivity index (χ0n) is 17.0. The van der Waals surface area contributed by atoms with Gasteiger partial charge in [0.05, 0.1) is 15.5 Å². The number of carbonyl (C=O) groups excluding carboxylic acids is 2. The third kappa shape index (κ3) is 5.85. The molecule has 1 fully saturated rings. The zero-order valence-corrected chi connectivity index (χ0v) is 19.3. The van der Waals surface area contributed by atoms with Gasteiger partial charge in [-0.2, -0.15) is 4.31 Å². The number of halogens is 1. The highest BCUT2D eigenvalue weighted by atomic mass is 35.5. The maximum Gasteiger partial charge on any atom is 0.269 e. The lowest BCUT2D eigenvalue weighted by Crippen LogP contribution is -2.42. The minimum absolute atomic E-state index is 0.0442. The molecule has 32 heavy (non-hydrogen) atoms. The van der Waals surface area contributed by atoms with Gasteiger partial charge in [0.25, 0.3) is 5.91 Å². The SMILES string of the molecule is O=C(CCS(=O)(=O)c1ccc(Cl)cc1)NNC(=O)c1ccc(S(=O)(=O)N2CCCC2)cc1. The molecule has 9 nitrogen and oxygen atoms in total. The Bertz CT molecular complexity index is 1190. The smallest absolute Gasteiger partial charge is 0.269 e. The van der Waals surface area contributed by atoms with Crippen molar-refractivity contribution in [1.29, 1.82) is 0 Å². The Hall–Kier alpha value is -2.47. The van der Waals surface area contributed by atoms with Gasteiger partial charge in [-0.1, -0.05) is 11.6 Å². The number of hydrogen-bond acceptors (Lipinski definition) is 6. The molecule has 172 valence electrons. The molecule has 2 N–H and O–H groups in total. The molecule has 0 aliphatic carbocycles. The lowest BCUT2D eigenvalue weighted by molar-refractivity contribution is -0.121. The lowest BCUT2D eigenvalue weighted by atomic mass is 10.2. The number of carbonyl (C=O) groups is 2. The summed E-state index contributed by atoms with van der Waals surface area (Å²) in [6.07, 6.45) is 1.28. The van der Waals surface area contributed by atoms with Crippen LogP contribution in [0.4, 0.5) is 0 Å². The zero-order chi connectivity index (χ0) is 23.4. The van der Waals surface area contributed by atoms with E-state index in [1.54, 1.807) is 0 Å². The molecule has 1 aliphatic heterocycles. The first kappa shape index (κ1) is 24.2. The van der Waals surface area contributed by atoms with Crippen molar-refractivity contribution >= 4 is 43.3 Å². The van der Waals surface area contributed by atoms with Crippen LogP contribution in [-0.2, 0) is 24.7 Å². The van der Waals surface area contributed by atoms with Crippen molar-refractivity contribution in [2.24, 2.45) is 0 Å². The van der Waals surface area contributed by atoms with Gasteiger partial charge in [0.15, 0.2) is 9.84 Å². The minimum atomic E-state index is -3.68. The number of sulfone groups is 1. The van der Waals surface area contributed by atoms with Gasteiger partial charge in [-0.3, -0.25) is 20.4 Å². The standard InChI is InChI=1S/C20H22ClN3O6S2/c21-16-5-9-17(10-6-16)31(27,28)14-11-19(25)22-23-20(26)15-3-7-18(8-4-15)32(29,30)24-12-1-2-13-24/h3-10H,1-2,11-14H2,(H,22,25)(H,23,26). The first-order chi connectivity index (χ1) is 15.1. The maximum atomic E-state index is 12.5. The highest BCUT2D eigenvalue weighted by Crippen LogP contribution is 2.21. The van der Waals surface area contributed by atoms with Gasteiger partial charge in [-0.05, 0) is 61.4 Å². The second kappa shape index (κ2) is 9.99. The first-order valence-electron chi connectivity index (χ1n) is 9.77. The van der Waals surface area contributed by atoms with E-state index >= 15 is 0 Å². The summed E-state index contributed by atoms with van der Waals surface area (Å²) in [5, 5.41) is 0.395. The molecule has 0 spiro atoms. The Morgan fingerprint density at radius 3 is 2.00 bits per heavy atom. The molecule has 0 aromatic heterocycles. The average Bonchev–Trinajstić information content (AvgIpc) is 3.32. The van der Waals surface area contributed by atoms with Crippen LogP contribution in [-0.4, -0.2) is 51.8 Å². The van der Waals surface area contributed by atoms with Crippen molar-refractivity contribution in [3.63, 3.8) is 0 Å². The van der Waals surface area contributed by atoms with Crippen molar-refractivity contribution in [1.82, 2.24) is 15.2 Å². The van der Waals surface area contributed by atoms with Crippen LogP contribution in [0.2, 0.25) is 5.02 Å². The Balaban J connectivity index is 1.51. The van der Waals surface area contributed by atoms with Gasteiger partial charge in [-0.25, -0.2) is 16.8 Å². The molecule has 0 bridgehead atoms. The fourth-order valence-corrected chi connectivity index (χ4v) is 5.99. The van der Waals surface area contributed by atoms with Gasteiger partial charge >= 0.3 is 0 Å². The number of nitrogens with one attached hydrogen (secondary N) is 2. The van der Waals surface area contributed by atoms with Crippen molar-refractivity contribution < 1.29 is 26.4 Å². The highest BCUT2D eigenvalue weighted by Gasteiger charge is 2.27. The maximum absolute atomic E-state index is 12.5. The summed E-state index contributed by atoms with van der Waals surface area (Å²) in [6.45, 7) is 0.953. The van der Waals surface area contributed by atoms with E-state index in [-0.39, 0.29) is 21.8 Å². The second-order valence-corrected chi connectivity index (χ2v) is 11.6. The van der Waals surface area contributed by atoms with E-state index in [0.29, 0.717) is 18.1 Å². The largest absolute Gasteiger partial charge is 0.273 e. The average molecular weight is 500 g/mol. The number of hydrogen-bond donors (Lipinski definition) is 2. The van der Waals surface area contributed by atoms with Crippen LogP contribution in [0.1, 0.15) is 29.6 Å². The summed E-state index contributed by atoms with van der Waals surface area (Å²) in [6, 6.07) is 10.9. The number of rotatable bonds is 7. The number of benzene rings is 2. The molecule has 2 aromatic rings. The molecule has 3 rings (SSSR count). The van der Waals surface area contributed by atoms with Crippen LogP contribution in [0, 0.1) is 0 Å². The van der Waals surface area contributed by atoms with Crippen LogP contribution in [0.15, 0.2) is 58.3 Å². The molecule has 0 unspecified atom stereocenters. The van der Waals surface area contributed by atoms with E-state index in [0.717, 1.165) is 12.8 Å². The summed E-state index contributed by atoms with van der Waals surface area (Å²) in [4.78, 5) is 24.3. The highest BCUT2D eigenvalue weighted by molar-refractivity contribution is 7.91. The van der Waals surface area contributed by atoms with E-state index in [2.05, 4.69) is 10.9 Å². The van der Waals surface area contributed by atoms with Gasteiger partial charge < -0.3 is 0 Å². The summed E-state index contributed by atoms with van der Waals surface area (Å²) in [5.41, 5.74) is 4.48. The molecule has 0 radical (unpaired) electrons. The van der Waals surface area contributed by atoms with Crippen LogP contribution < -0.4 is 10.9 Å². The van der Waals surface area contributed by atoms with E-state index in [4.69, 9.17) is 11.6 Å². The molecule has 1 heterocycles. The number of sulfonamides is 1. The summed E-state index contributed by atoms with van der Waals surface area (Å²) in [5.74, 6) is -1.80. The molecule has 12 heteroatoms. The van der Waals surface area contributed by atoms with Crippen LogP contribution in [0.25, 0.3) is 0 Å². The molecular formula is C20H22ClN3O6S2. The van der Waals surface area contributed by atoms with Crippen LogP contribution in [0.5, 0.6) is 0 Å². The van der Waals surface area contributed by atoms with Crippen molar-refractivity contribution in [2.75, 3.05) is 18.8 Å². The first-order valence-corrected chi connectivity index (χ1v) is 13.2. The third-order valence-electron chi connectivity index (χ3n) is 4.91. The topological polar surface area (TPSA) is 130 Å². The van der Waals surface area contributed by atoms with Crippen LogP contribution in [0.3, 0.4) is 0 Å². The Labute approximate surface area is 191 Å². The van der Waals surface area contributed by atoms with E-state index in [1.807, 2.05) is 0 Å². The van der Waals surface area contributed by atoms with Crippen molar-refractivity contribution in [3.8, 4) is 0 Å². The fourth-order valence-electron chi connectivity index (χ4n) is 3.10. The van der Waals surface area contributed by atoms with Gasteiger partial charge in [0, 0.05) is 30.1 Å². The Kier molecular flexibility index (Phi) is 7.55. The summed E-state index contributed by atoms with van der Waals surface area (Å²) < 4.78 is 50.9.